The number of hydrogen-bond donors (Lipinski definition) is 2. The van der Waals surface area contributed by atoms with Crippen LogP contribution >= 0.6 is 0 Å². The number of hydrogen-bond acceptors (Lipinski definition) is 6. The van der Waals surface area contributed by atoms with Crippen molar-refractivity contribution >= 4 is 23.5 Å². The summed E-state index contributed by atoms with van der Waals surface area (Å²) >= 11 is 0. The van der Waals surface area contributed by atoms with E-state index in [9.17, 15) is 9.59 Å². The van der Waals surface area contributed by atoms with Gasteiger partial charge in [-0.2, -0.15) is 0 Å². The van der Waals surface area contributed by atoms with Crippen molar-refractivity contribution in [1.82, 2.24) is 24.7 Å². The highest BCUT2D eigenvalue weighted by Gasteiger charge is 2.26. The van der Waals surface area contributed by atoms with E-state index in [2.05, 4.69) is 30.0 Å². The first-order valence-corrected chi connectivity index (χ1v) is 10.7. The van der Waals surface area contributed by atoms with Crippen LogP contribution in [0.3, 0.4) is 0 Å². The van der Waals surface area contributed by atoms with Crippen molar-refractivity contribution in [2.24, 2.45) is 0 Å². The van der Waals surface area contributed by atoms with Crippen molar-refractivity contribution in [1.29, 1.82) is 0 Å². The third kappa shape index (κ3) is 4.33. The molecule has 1 saturated carbocycles. The molecule has 1 aromatic carbocycles. The molecule has 0 aliphatic heterocycles. The highest BCUT2D eigenvalue weighted by atomic mass is 16.4. The quantitative estimate of drug-likeness (QED) is 0.448. The topological polar surface area (TPSA) is 126 Å². The van der Waals surface area contributed by atoms with E-state index in [1.165, 1.54) is 7.05 Å². The normalized spacial score (nSPS) is 12.9. The number of rotatable bonds is 6. The largest absolute Gasteiger partial charge is 0.465 e. The standard InChI is InChI=1S/C24H21N7O3/c1-30(24(33)34)21-8-5-17(13-26-21)15-9-10-25-20(12-15)23(32)28-18-4-2-3-16(11-18)22-29-27-14-31(22)19-6-7-19/h2-5,8-14,19H,6-7H2,1H3,(H,28,32)(H,33,34). The smallest absolute Gasteiger partial charge is 0.412 e. The summed E-state index contributed by atoms with van der Waals surface area (Å²) in [5.41, 5.74) is 3.23. The van der Waals surface area contributed by atoms with Crippen LogP contribution in [0, 0.1) is 0 Å². The maximum Gasteiger partial charge on any atom is 0.412 e. The number of anilines is 2. The molecule has 1 aliphatic carbocycles. The molecule has 10 nitrogen and oxygen atoms in total. The Balaban J connectivity index is 1.34. The fourth-order valence-electron chi connectivity index (χ4n) is 3.59. The van der Waals surface area contributed by atoms with Crippen molar-refractivity contribution in [3.63, 3.8) is 0 Å². The SMILES string of the molecule is CN(C(=O)O)c1ccc(-c2ccnc(C(=O)Nc3cccc(-c4nncn4C4CC4)c3)c2)cn1. The second-order valence-electron chi connectivity index (χ2n) is 8.00. The van der Waals surface area contributed by atoms with E-state index in [0.717, 1.165) is 40.3 Å². The van der Waals surface area contributed by atoms with Gasteiger partial charge >= 0.3 is 6.09 Å². The average molecular weight is 455 g/mol. The number of benzene rings is 1. The second-order valence-corrected chi connectivity index (χ2v) is 8.00. The lowest BCUT2D eigenvalue weighted by molar-refractivity contribution is 0.102. The third-order valence-corrected chi connectivity index (χ3v) is 5.60. The Morgan fingerprint density at radius 3 is 2.65 bits per heavy atom. The van der Waals surface area contributed by atoms with E-state index in [1.807, 2.05) is 24.3 Å². The van der Waals surface area contributed by atoms with Crippen LogP contribution in [0.25, 0.3) is 22.5 Å². The zero-order chi connectivity index (χ0) is 23.7. The monoisotopic (exact) mass is 455 g/mol. The zero-order valence-electron chi connectivity index (χ0n) is 18.3. The predicted molar refractivity (Wildman–Crippen MR) is 126 cm³/mol. The summed E-state index contributed by atoms with van der Waals surface area (Å²) in [7, 11) is 1.42. The maximum absolute atomic E-state index is 12.9. The molecule has 1 fully saturated rings. The first-order chi connectivity index (χ1) is 16.5. The van der Waals surface area contributed by atoms with Gasteiger partial charge in [0.05, 0.1) is 0 Å². The molecule has 2 N–H and O–H groups in total. The molecule has 0 bridgehead atoms. The Hall–Kier alpha value is -4.60. The molecule has 10 heteroatoms. The lowest BCUT2D eigenvalue weighted by Gasteiger charge is -2.12. The first kappa shape index (κ1) is 21.3. The average Bonchev–Trinajstić information content (AvgIpc) is 3.59. The van der Waals surface area contributed by atoms with Crippen molar-refractivity contribution in [2.75, 3.05) is 17.3 Å². The van der Waals surface area contributed by atoms with Gasteiger partial charge in [-0.1, -0.05) is 12.1 Å². The number of amides is 2. The molecular weight excluding hydrogens is 434 g/mol. The molecule has 2 amide bonds. The summed E-state index contributed by atoms with van der Waals surface area (Å²) < 4.78 is 2.07. The molecule has 170 valence electrons. The van der Waals surface area contributed by atoms with Crippen LogP contribution in [0.5, 0.6) is 0 Å². The highest BCUT2D eigenvalue weighted by molar-refractivity contribution is 6.03. The third-order valence-electron chi connectivity index (χ3n) is 5.60. The van der Waals surface area contributed by atoms with Gasteiger partial charge in [0.2, 0.25) is 0 Å². The molecule has 0 unspecified atom stereocenters. The van der Waals surface area contributed by atoms with E-state index in [-0.39, 0.29) is 11.6 Å². The van der Waals surface area contributed by atoms with Crippen LogP contribution in [0.4, 0.5) is 16.3 Å². The molecule has 3 aromatic heterocycles. The minimum absolute atomic E-state index is 0.246. The lowest BCUT2D eigenvalue weighted by atomic mass is 10.1. The number of nitrogens with zero attached hydrogens (tertiary/aromatic N) is 6. The Kier molecular flexibility index (Phi) is 5.46. The second kappa shape index (κ2) is 8.74. The van der Waals surface area contributed by atoms with Gasteiger partial charge in [-0.15, -0.1) is 10.2 Å². The number of aromatic nitrogens is 5. The molecule has 1 aliphatic rings. The molecule has 3 heterocycles. The van der Waals surface area contributed by atoms with Crippen molar-refractivity contribution < 1.29 is 14.7 Å². The van der Waals surface area contributed by atoms with Crippen molar-refractivity contribution in [3.05, 3.63) is 72.9 Å². The van der Waals surface area contributed by atoms with E-state index < -0.39 is 6.09 Å². The van der Waals surface area contributed by atoms with Crippen LogP contribution in [0.15, 0.2) is 67.3 Å². The molecular formula is C24H21N7O3. The minimum Gasteiger partial charge on any atom is -0.465 e. The van der Waals surface area contributed by atoms with Crippen LogP contribution in [-0.4, -0.2) is 48.9 Å². The fourth-order valence-corrected chi connectivity index (χ4v) is 3.59. The van der Waals surface area contributed by atoms with Crippen LogP contribution in [-0.2, 0) is 0 Å². The molecule has 34 heavy (non-hydrogen) atoms. The van der Waals surface area contributed by atoms with E-state index in [1.54, 1.807) is 43.0 Å². The summed E-state index contributed by atoms with van der Waals surface area (Å²) in [6.07, 6.45) is 6.01. The van der Waals surface area contributed by atoms with Gasteiger partial charge in [0.25, 0.3) is 5.91 Å². The van der Waals surface area contributed by atoms with Gasteiger partial charge < -0.3 is 15.0 Å². The van der Waals surface area contributed by atoms with Crippen molar-refractivity contribution in [2.45, 2.75) is 18.9 Å². The van der Waals surface area contributed by atoms with Crippen LogP contribution in [0.1, 0.15) is 29.4 Å². The van der Waals surface area contributed by atoms with E-state index in [4.69, 9.17) is 5.11 Å². The summed E-state index contributed by atoms with van der Waals surface area (Å²) in [5.74, 6) is 0.738. The fraction of sp³-hybridized carbons (Fsp3) is 0.167. The highest BCUT2D eigenvalue weighted by Crippen LogP contribution is 2.37. The predicted octanol–water partition coefficient (Wildman–Crippen LogP) is 4.10. The number of pyridine rings is 2. The van der Waals surface area contributed by atoms with Crippen LogP contribution < -0.4 is 10.2 Å². The Bertz CT molecular complexity index is 1360. The summed E-state index contributed by atoms with van der Waals surface area (Å²) in [4.78, 5) is 33.4. The molecule has 5 rings (SSSR count). The van der Waals surface area contributed by atoms with Gasteiger partial charge in [0, 0.05) is 42.3 Å². The molecule has 0 atom stereocenters. The number of carbonyl (C=O) groups excluding carboxylic acids is 1. The summed E-state index contributed by atoms with van der Waals surface area (Å²) in [6.45, 7) is 0. The van der Waals surface area contributed by atoms with E-state index in [0.29, 0.717) is 17.5 Å². The molecule has 0 spiro atoms. The van der Waals surface area contributed by atoms with Gasteiger partial charge in [-0.25, -0.2) is 9.78 Å². The van der Waals surface area contributed by atoms with Crippen LogP contribution in [0.2, 0.25) is 0 Å². The lowest BCUT2D eigenvalue weighted by Crippen LogP contribution is -2.24. The number of carbonyl (C=O) groups is 2. The number of carboxylic acid groups (broad SMARTS) is 1. The maximum atomic E-state index is 12.9. The Morgan fingerprint density at radius 2 is 1.91 bits per heavy atom. The molecule has 4 aromatic rings. The van der Waals surface area contributed by atoms with Gasteiger partial charge in [-0.05, 0) is 54.8 Å². The molecule has 0 saturated heterocycles. The summed E-state index contributed by atoms with van der Waals surface area (Å²) in [6, 6.07) is 14.7. The summed E-state index contributed by atoms with van der Waals surface area (Å²) in [5, 5.41) is 20.3. The van der Waals surface area contributed by atoms with Gasteiger partial charge in [0.15, 0.2) is 5.82 Å². The van der Waals surface area contributed by atoms with E-state index >= 15 is 0 Å². The molecule has 0 radical (unpaired) electrons. The zero-order valence-corrected chi connectivity index (χ0v) is 18.3. The Labute approximate surface area is 194 Å². The van der Waals surface area contributed by atoms with Crippen molar-refractivity contribution in [3.8, 4) is 22.5 Å². The van der Waals surface area contributed by atoms with Gasteiger partial charge in [-0.3, -0.25) is 14.7 Å². The Morgan fingerprint density at radius 1 is 1.06 bits per heavy atom. The minimum atomic E-state index is -1.10. The number of nitrogens with one attached hydrogen (secondary N) is 1. The van der Waals surface area contributed by atoms with Gasteiger partial charge in [0.1, 0.15) is 17.8 Å². The first-order valence-electron chi connectivity index (χ1n) is 10.7.